The van der Waals surface area contributed by atoms with Crippen molar-refractivity contribution in [1.82, 2.24) is 10.3 Å². The molecule has 0 aliphatic heterocycles. The summed E-state index contributed by atoms with van der Waals surface area (Å²) in [5, 5.41) is 5.24. The van der Waals surface area contributed by atoms with Crippen LogP contribution in [0.3, 0.4) is 0 Å². The van der Waals surface area contributed by atoms with E-state index in [4.69, 9.17) is 4.98 Å². The molecule has 1 aromatic heterocycles. The normalized spacial score (nSPS) is 30.6. The van der Waals surface area contributed by atoms with E-state index < -0.39 is 0 Å². The molecule has 0 bridgehead atoms. The topological polar surface area (TPSA) is 24.9 Å². The Morgan fingerprint density at radius 3 is 2.65 bits per heavy atom. The van der Waals surface area contributed by atoms with E-state index in [9.17, 15) is 0 Å². The smallest absolute Gasteiger partial charge is 0.114 e. The molecule has 1 aliphatic carbocycles. The Morgan fingerprint density at radius 1 is 1.30 bits per heavy atom. The van der Waals surface area contributed by atoms with Crippen molar-refractivity contribution in [1.29, 1.82) is 0 Å². The van der Waals surface area contributed by atoms with Gasteiger partial charge >= 0.3 is 0 Å². The second-order valence-corrected chi connectivity index (χ2v) is 7.76. The molecule has 0 saturated heterocycles. The standard InChI is InChI=1S/C17H30N2S/c1-6-10-18-17(11-12(3)8-9-13(17)4)16-19-15(7-2)14(5)20-16/h12-13,18H,6-11H2,1-5H3. The molecule has 1 aromatic rings. The molecule has 2 rings (SSSR count). The Balaban J connectivity index is 2.38. The highest BCUT2D eigenvalue weighted by Crippen LogP contribution is 2.45. The van der Waals surface area contributed by atoms with Crippen LogP contribution >= 0.6 is 11.3 Å². The van der Waals surface area contributed by atoms with Crippen molar-refractivity contribution in [3.8, 4) is 0 Å². The zero-order chi connectivity index (χ0) is 14.8. The summed E-state index contributed by atoms with van der Waals surface area (Å²) < 4.78 is 0. The Morgan fingerprint density at radius 2 is 2.05 bits per heavy atom. The van der Waals surface area contributed by atoms with Gasteiger partial charge in [-0.15, -0.1) is 11.3 Å². The second-order valence-electron chi connectivity index (χ2n) is 6.56. The van der Waals surface area contributed by atoms with Gasteiger partial charge < -0.3 is 5.32 Å². The van der Waals surface area contributed by atoms with Crippen molar-refractivity contribution in [3.05, 3.63) is 15.6 Å². The van der Waals surface area contributed by atoms with Crippen LogP contribution in [0.25, 0.3) is 0 Å². The van der Waals surface area contributed by atoms with Crippen LogP contribution in [-0.2, 0) is 12.0 Å². The predicted octanol–water partition coefficient (Wildman–Crippen LogP) is 4.66. The maximum atomic E-state index is 5.02. The molecule has 0 radical (unpaired) electrons. The molecule has 20 heavy (non-hydrogen) atoms. The number of hydrogen-bond acceptors (Lipinski definition) is 3. The van der Waals surface area contributed by atoms with E-state index in [2.05, 4.69) is 39.9 Å². The molecule has 1 saturated carbocycles. The largest absolute Gasteiger partial charge is 0.305 e. The number of aryl methyl sites for hydroxylation is 2. The molecule has 1 aliphatic rings. The summed E-state index contributed by atoms with van der Waals surface area (Å²) in [5.74, 6) is 1.48. The van der Waals surface area contributed by atoms with Gasteiger partial charge in [-0.2, -0.15) is 0 Å². The number of hydrogen-bond donors (Lipinski definition) is 1. The molecule has 1 fully saturated rings. The molecule has 2 nitrogen and oxygen atoms in total. The van der Waals surface area contributed by atoms with Crippen molar-refractivity contribution in [2.75, 3.05) is 6.54 Å². The van der Waals surface area contributed by atoms with Crippen LogP contribution in [-0.4, -0.2) is 11.5 Å². The summed E-state index contributed by atoms with van der Waals surface area (Å²) in [4.78, 5) is 6.43. The summed E-state index contributed by atoms with van der Waals surface area (Å²) in [7, 11) is 0. The van der Waals surface area contributed by atoms with Crippen molar-refractivity contribution in [2.24, 2.45) is 11.8 Å². The average Bonchev–Trinajstić information content (AvgIpc) is 2.81. The lowest BCUT2D eigenvalue weighted by Gasteiger charge is -2.44. The Labute approximate surface area is 128 Å². The molecule has 1 heterocycles. The van der Waals surface area contributed by atoms with Gasteiger partial charge in [0.1, 0.15) is 5.01 Å². The molecule has 0 amide bonds. The Bertz CT molecular complexity index is 440. The van der Waals surface area contributed by atoms with Crippen molar-refractivity contribution in [2.45, 2.75) is 72.3 Å². The number of aromatic nitrogens is 1. The van der Waals surface area contributed by atoms with E-state index >= 15 is 0 Å². The van der Waals surface area contributed by atoms with E-state index in [-0.39, 0.29) is 5.54 Å². The monoisotopic (exact) mass is 294 g/mol. The summed E-state index contributed by atoms with van der Waals surface area (Å²) in [6.45, 7) is 12.6. The van der Waals surface area contributed by atoms with Crippen LogP contribution in [0.4, 0.5) is 0 Å². The lowest BCUT2D eigenvalue weighted by molar-refractivity contribution is 0.118. The summed E-state index contributed by atoms with van der Waals surface area (Å²) in [6.07, 6.45) is 6.16. The first kappa shape index (κ1) is 16.0. The van der Waals surface area contributed by atoms with Gasteiger partial charge in [0.15, 0.2) is 0 Å². The zero-order valence-electron chi connectivity index (χ0n) is 13.8. The number of nitrogens with zero attached hydrogens (tertiary/aromatic N) is 1. The maximum Gasteiger partial charge on any atom is 0.114 e. The van der Waals surface area contributed by atoms with Crippen molar-refractivity contribution >= 4 is 11.3 Å². The number of rotatable bonds is 5. The molecule has 3 atom stereocenters. The SMILES string of the molecule is CCCNC1(c2nc(CC)c(C)s2)CC(C)CCC1C. The molecule has 0 aromatic carbocycles. The first-order chi connectivity index (χ1) is 9.53. The van der Waals surface area contributed by atoms with E-state index in [0.717, 1.165) is 18.9 Å². The Kier molecular flexibility index (Phi) is 5.25. The zero-order valence-corrected chi connectivity index (χ0v) is 14.6. The minimum Gasteiger partial charge on any atom is -0.305 e. The highest BCUT2D eigenvalue weighted by atomic mass is 32.1. The maximum absolute atomic E-state index is 5.02. The third kappa shape index (κ3) is 2.94. The van der Waals surface area contributed by atoms with Gasteiger partial charge in [-0.05, 0) is 51.0 Å². The third-order valence-electron chi connectivity index (χ3n) is 4.90. The third-order valence-corrected chi connectivity index (χ3v) is 6.09. The fraction of sp³-hybridized carbons (Fsp3) is 0.824. The summed E-state index contributed by atoms with van der Waals surface area (Å²) in [6, 6.07) is 0. The molecule has 3 heteroatoms. The molecular formula is C17H30N2S. The van der Waals surface area contributed by atoms with Crippen LogP contribution in [0.1, 0.15) is 69.0 Å². The predicted molar refractivity (Wildman–Crippen MR) is 88.4 cm³/mol. The Hall–Kier alpha value is -0.410. The first-order valence-corrected chi connectivity index (χ1v) is 9.06. The summed E-state index contributed by atoms with van der Waals surface area (Å²) >= 11 is 1.93. The van der Waals surface area contributed by atoms with Crippen LogP contribution in [0.2, 0.25) is 0 Å². The van der Waals surface area contributed by atoms with Crippen LogP contribution in [0, 0.1) is 18.8 Å². The van der Waals surface area contributed by atoms with Crippen molar-refractivity contribution < 1.29 is 0 Å². The van der Waals surface area contributed by atoms with Crippen LogP contribution in [0.5, 0.6) is 0 Å². The first-order valence-electron chi connectivity index (χ1n) is 8.25. The van der Waals surface area contributed by atoms with Gasteiger partial charge in [0.05, 0.1) is 11.2 Å². The van der Waals surface area contributed by atoms with E-state index in [1.54, 1.807) is 0 Å². The fourth-order valence-electron chi connectivity index (χ4n) is 3.55. The number of thiazole rings is 1. The van der Waals surface area contributed by atoms with E-state index in [0.29, 0.717) is 5.92 Å². The van der Waals surface area contributed by atoms with Gasteiger partial charge in [-0.25, -0.2) is 4.98 Å². The minimum absolute atomic E-state index is 0.122. The number of nitrogens with one attached hydrogen (secondary N) is 1. The van der Waals surface area contributed by atoms with Crippen LogP contribution in [0.15, 0.2) is 0 Å². The second kappa shape index (κ2) is 6.57. The minimum atomic E-state index is 0.122. The fourth-order valence-corrected chi connectivity index (χ4v) is 4.84. The lowest BCUT2D eigenvalue weighted by atomic mass is 9.70. The lowest BCUT2D eigenvalue weighted by Crippen LogP contribution is -2.51. The molecule has 114 valence electrons. The average molecular weight is 295 g/mol. The summed E-state index contributed by atoms with van der Waals surface area (Å²) in [5.41, 5.74) is 1.42. The van der Waals surface area contributed by atoms with Crippen molar-refractivity contribution in [3.63, 3.8) is 0 Å². The van der Waals surface area contributed by atoms with Gasteiger partial charge in [-0.3, -0.25) is 0 Å². The highest BCUT2D eigenvalue weighted by molar-refractivity contribution is 7.11. The van der Waals surface area contributed by atoms with Gasteiger partial charge in [-0.1, -0.05) is 34.1 Å². The van der Waals surface area contributed by atoms with Gasteiger partial charge in [0.2, 0.25) is 0 Å². The highest BCUT2D eigenvalue weighted by Gasteiger charge is 2.44. The molecule has 3 unspecified atom stereocenters. The quantitative estimate of drug-likeness (QED) is 0.854. The van der Waals surface area contributed by atoms with Crippen LogP contribution < -0.4 is 5.32 Å². The van der Waals surface area contributed by atoms with Gasteiger partial charge in [0.25, 0.3) is 0 Å². The molecular weight excluding hydrogens is 264 g/mol. The molecule has 1 N–H and O–H groups in total. The molecule has 0 spiro atoms. The van der Waals surface area contributed by atoms with Gasteiger partial charge in [0, 0.05) is 4.88 Å². The van der Waals surface area contributed by atoms with E-state index in [1.807, 2.05) is 11.3 Å². The van der Waals surface area contributed by atoms with E-state index in [1.165, 1.54) is 41.3 Å².